The summed E-state index contributed by atoms with van der Waals surface area (Å²) < 4.78 is 1.80. The lowest BCUT2D eigenvalue weighted by atomic mass is 10.1. The van der Waals surface area contributed by atoms with Crippen molar-refractivity contribution in [1.82, 2.24) is 14.7 Å². The number of hydrogen-bond donors (Lipinski definition) is 0. The molecular formula is C21H20N4O. The monoisotopic (exact) mass is 344 g/mol. The largest absolute Gasteiger partial charge is 0.337 e. The van der Waals surface area contributed by atoms with E-state index in [2.05, 4.69) is 11.2 Å². The van der Waals surface area contributed by atoms with Crippen LogP contribution in [0.2, 0.25) is 0 Å². The third-order valence-electron chi connectivity index (χ3n) is 4.36. The molecule has 0 radical (unpaired) electrons. The van der Waals surface area contributed by atoms with Gasteiger partial charge in [-0.25, -0.2) is 4.68 Å². The molecule has 0 N–H and O–H groups in total. The van der Waals surface area contributed by atoms with E-state index in [9.17, 15) is 4.79 Å². The Morgan fingerprint density at radius 1 is 1.12 bits per heavy atom. The predicted molar refractivity (Wildman–Crippen MR) is 100.0 cm³/mol. The summed E-state index contributed by atoms with van der Waals surface area (Å²) in [6, 6.07) is 19.1. The van der Waals surface area contributed by atoms with Gasteiger partial charge in [0.2, 0.25) is 0 Å². The number of carbonyl (C=O) groups is 1. The molecule has 0 spiro atoms. The summed E-state index contributed by atoms with van der Waals surface area (Å²) in [7, 11) is 1.78. The van der Waals surface area contributed by atoms with E-state index in [-0.39, 0.29) is 5.91 Å². The molecule has 5 nitrogen and oxygen atoms in total. The van der Waals surface area contributed by atoms with Crippen LogP contribution in [0.25, 0.3) is 5.69 Å². The van der Waals surface area contributed by atoms with E-state index in [0.29, 0.717) is 23.4 Å². The Kier molecular flexibility index (Phi) is 4.85. The maximum atomic E-state index is 13.0. The van der Waals surface area contributed by atoms with E-state index in [4.69, 9.17) is 5.26 Å². The Bertz CT molecular complexity index is 966. The smallest absolute Gasteiger partial charge is 0.257 e. The van der Waals surface area contributed by atoms with Gasteiger partial charge >= 0.3 is 0 Å². The van der Waals surface area contributed by atoms with Crippen molar-refractivity contribution in [3.63, 3.8) is 0 Å². The topological polar surface area (TPSA) is 61.9 Å². The number of nitrogens with zero attached hydrogens (tertiary/aromatic N) is 4. The first-order valence-corrected chi connectivity index (χ1v) is 8.37. The molecule has 26 heavy (non-hydrogen) atoms. The van der Waals surface area contributed by atoms with E-state index in [1.54, 1.807) is 28.8 Å². The van der Waals surface area contributed by atoms with Crippen LogP contribution in [0.5, 0.6) is 0 Å². The van der Waals surface area contributed by atoms with Gasteiger partial charge in [0, 0.05) is 13.6 Å². The second kappa shape index (κ2) is 7.24. The van der Waals surface area contributed by atoms with Crippen molar-refractivity contribution in [1.29, 1.82) is 5.26 Å². The average molecular weight is 344 g/mol. The summed E-state index contributed by atoms with van der Waals surface area (Å²) in [5, 5.41) is 13.4. The summed E-state index contributed by atoms with van der Waals surface area (Å²) in [6.07, 6.45) is 0. The predicted octanol–water partition coefficient (Wildman–Crippen LogP) is 3.63. The Hall–Kier alpha value is -3.39. The minimum atomic E-state index is -0.0634. The number of rotatable bonds is 4. The summed E-state index contributed by atoms with van der Waals surface area (Å²) in [5.41, 5.74) is 4.68. The van der Waals surface area contributed by atoms with E-state index < -0.39 is 0 Å². The fourth-order valence-electron chi connectivity index (χ4n) is 2.99. The summed E-state index contributed by atoms with van der Waals surface area (Å²) in [6.45, 7) is 4.24. The molecule has 0 saturated carbocycles. The van der Waals surface area contributed by atoms with Gasteiger partial charge in [-0.2, -0.15) is 10.4 Å². The van der Waals surface area contributed by atoms with E-state index in [1.165, 1.54) is 0 Å². The minimum absolute atomic E-state index is 0.0634. The van der Waals surface area contributed by atoms with Crippen molar-refractivity contribution in [3.8, 4) is 11.8 Å². The molecular weight excluding hydrogens is 324 g/mol. The van der Waals surface area contributed by atoms with Gasteiger partial charge in [0.05, 0.1) is 34.3 Å². The minimum Gasteiger partial charge on any atom is -0.337 e. The van der Waals surface area contributed by atoms with Crippen LogP contribution in [0.1, 0.15) is 32.9 Å². The zero-order valence-electron chi connectivity index (χ0n) is 15.1. The molecule has 5 heteroatoms. The molecule has 130 valence electrons. The van der Waals surface area contributed by atoms with Gasteiger partial charge in [0.1, 0.15) is 0 Å². The lowest BCUT2D eigenvalue weighted by molar-refractivity contribution is 0.0783. The normalized spacial score (nSPS) is 10.4. The molecule has 0 saturated heterocycles. The van der Waals surface area contributed by atoms with Gasteiger partial charge in [-0.3, -0.25) is 4.79 Å². The number of aromatic nitrogens is 2. The molecule has 2 aromatic carbocycles. The van der Waals surface area contributed by atoms with Crippen LogP contribution in [0.15, 0.2) is 54.6 Å². The zero-order chi connectivity index (χ0) is 18.7. The Morgan fingerprint density at radius 2 is 1.77 bits per heavy atom. The molecule has 0 fully saturated rings. The number of nitriles is 1. The summed E-state index contributed by atoms with van der Waals surface area (Å²) in [5.74, 6) is -0.0634. The fraction of sp³-hybridized carbons (Fsp3) is 0.190. The molecule has 3 aromatic rings. The first-order chi connectivity index (χ1) is 12.5. The molecule has 0 unspecified atom stereocenters. The number of benzene rings is 2. The maximum Gasteiger partial charge on any atom is 0.257 e. The third kappa shape index (κ3) is 3.35. The zero-order valence-corrected chi connectivity index (χ0v) is 15.1. The van der Waals surface area contributed by atoms with Crippen LogP contribution in [-0.2, 0) is 6.54 Å². The fourth-order valence-corrected chi connectivity index (χ4v) is 2.99. The molecule has 0 atom stereocenters. The molecule has 0 aliphatic heterocycles. The van der Waals surface area contributed by atoms with E-state index in [1.807, 2.05) is 56.3 Å². The van der Waals surface area contributed by atoms with Gasteiger partial charge in [0.25, 0.3) is 5.91 Å². The Labute approximate surface area is 153 Å². The number of carbonyl (C=O) groups excluding carboxylic acids is 1. The molecule has 3 rings (SSSR count). The molecule has 0 bridgehead atoms. The standard InChI is InChI=1S/C21H20N4O/c1-15-20(16(2)25(23-15)19-7-5-4-6-8-19)21(26)24(3)14-18-11-9-17(13-22)10-12-18/h4-12H,14H2,1-3H3. The highest BCUT2D eigenvalue weighted by atomic mass is 16.2. The second-order valence-corrected chi connectivity index (χ2v) is 6.26. The van der Waals surface area contributed by atoms with Crippen molar-refractivity contribution in [2.75, 3.05) is 7.05 Å². The third-order valence-corrected chi connectivity index (χ3v) is 4.36. The summed E-state index contributed by atoms with van der Waals surface area (Å²) >= 11 is 0. The van der Waals surface area contributed by atoms with Crippen LogP contribution in [0.3, 0.4) is 0 Å². The van der Waals surface area contributed by atoms with Crippen molar-refractivity contribution >= 4 is 5.91 Å². The highest BCUT2D eigenvalue weighted by molar-refractivity contribution is 5.96. The van der Waals surface area contributed by atoms with E-state index >= 15 is 0 Å². The van der Waals surface area contributed by atoms with Gasteiger partial charge in [-0.1, -0.05) is 30.3 Å². The summed E-state index contributed by atoms with van der Waals surface area (Å²) in [4.78, 5) is 14.7. The van der Waals surface area contributed by atoms with Crippen molar-refractivity contribution < 1.29 is 4.79 Å². The molecule has 1 heterocycles. The number of para-hydroxylation sites is 1. The quantitative estimate of drug-likeness (QED) is 0.726. The van der Waals surface area contributed by atoms with Gasteiger partial charge in [0.15, 0.2) is 0 Å². The van der Waals surface area contributed by atoms with Crippen molar-refractivity contribution in [2.45, 2.75) is 20.4 Å². The van der Waals surface area contributed by atoms with Crippen molar-refractivity contribution in [3.05, 3.63) is 82.7 Å². The molecule has 1 amide bonds. The second-order valence-electron chi connectivity index (χ2n) is 6.26. The van der Waals surface area contributed by atoms with Crippen LogP contribution in [0, 0.1) is 25.2 Å². The number of hydrogen-bond acceptors (Lipinski definition) is 3. The highest BCUT2D eigenvalue weighted by Crippen LogP contribution is 2.20. The average Bonchev–Trinajstić information content (AvgIpc) is 2.96. The van der Waals surface area contributed by atoms with Gasteiger partial charge in [-0.05, 0) is 43.7 Å². The SMILES string of the molecule is Cc1nn(-c2ccccc2)c(C)c1C(=O)N(C)Cc1ccc(C#N)cc1. The highest BCUT2D eigenvalue weighted by Gasteiger charge is 2.22. The maximum absolute atomic E-state index is 13.0. The van der Waals surface area contributed by atoms with Gasteiger partial charge < -0.3 is 4.90 Å². The van der Waals surface area contributed by atoms with Crippen LogP contribution < -0.4 is 0 Å². The van der Waals surface area contributed by atoms with E-state index in [0.717, 1.165) is 16.9 Å². The van der Waals surface area contributed by atoms with Crippen molar-refractivity contribution in [2.24, 2.45) is 0 Å². The molecule has 0 aliphatic carbocycles. The van der Waals surface area contributed by atoms with Crippen LogP contribution >= 0.6 is 0 Å². The first-order valence-electron chi connectivity index (χ1n) is 8.37. The Morgan fingerprint density at radius 3 is 2.38 bits per heavy atom. The van der Waals surface area contributed by atoms with Crippen LogP contribution in [0.4, 0.5) is 0 Å². The Balaban J connectivity index is 1.85. The van der Waals surface area contributed by atoms with Crippen LogP contribution in [-0.4, -0.2) is 27.6 Å². The molecule has 1 aromatic heterocycles. The lowest BCUT2D eigenvalue weighted by Gasteiger charge is -2.17. The number of aryl methyl sites for hydroxylation is 1. The van der Waals surface area contributed by atoms with Gasteiger partial charge in [-0.15, -0.1) is 0 Å². The number of amides is 1. The lowest BCUT2D eigenvalue weighted by Crippen LogP contribution is -2.27. The molecule has 0 aliphatic rings. The first kappa shape index (κ1) is 17.4.